The van der Waals surface area contributed by atoms with Gasteiger partial charge in [0.25, 0.3) is 6.43 Å². The molecule has 0 heterocycles. The van der Waals surface area contributed by atoms with Crippen LogP contribution in [0.5, 0.6) is 0 Å². The summed E-state index contributed by atoms with van der Waals surface area (Å²) in [4.78, 5) is 3.49. The van der Waals surface area contributed by atoms with Crippen LogP contribution in [0.2, 0.25) is 0 Å². The van der Waals surface area contributed by atoms with Crippen molar-refractivity contribution in [3.8, 4) is 0 Å². The number of aliphatic hydroxyl groups excluding tert-OH is 1. The Labute approximate surface area is 87.3 Å². The quantitative estimate of drug-likeness (QED) is 0.764. The Morgan fingerprint density at radius 3 is 2.47 bits per heavy atom. The number of nitrogens with zero attached hydrogens (tertiary/aromatic N) is 1. The molecule has 1 unspecified atom stereocenters. The summed E-state index contributed by atoms with van der Waals surface area (Å²) in [6.07, 6.45) is -3.44. The molecule has 0 radical (unpaired) electrons. The minimum atomic E-state index is -2.60. The molecule has 82 valence electrons. The van der Waals surface area contributed by atoms with Crippen molar-refractivity contribution in [3.05, 3.63) is 35.9 Å². The molecular weight excluding hydrogens is 200 g/mol. The van der Waals surface area contributed by atoms with E-state index in [0.717, 1.165) is 5.56 Å². The van der Waals surface area contributed by atoms with Crippen molar-refractivity contribution in [2.75, 3.05) is 0 Å². The maximum Gasteiger partial charge on any atom is 0.276 e. The lowest BCUT2D eigenvalue weighted by Crippen LogP contribution is -2.14. The predicted molar refractivity (Wildman–Crippen MR) is 55.3 cm³/mol. The molecule has 4 heteroatoms. The van der Waals surface area contributed by atoms with Gasteiger partial charge in [-0.15, -0.1) is 0 Å². The van der Waals surface area contributed by atoms with Gasteiger partial charge in [-0.3, -0.25) is 4.99 Å². The zero-order valence-corrected chi connectivity index (χ0v) is 8.40. The Hall–Kier alpha value is -1.29. The Morgan fingerprint density at radius 2 is 1.93 bits per heavy atom. The average molecular weight is 213 g/mol. The van der Waals surface area contributed by atoms with E-state index in [0.29, 0.717) is 0 Å². The highest BCUT2D eigenvalue weighted by molar-refractivity contribution is 5.84. The first-order valence-electron chi connectivity index (χ1n) is 4.64. The van der Waals surface area contributed by atoms with Gasteiger partial charge >= 0.3 is 0 Å². The van der Waals surface area contributed by atoms with Crippen molar-refractivity contribution >= 4 is 5.71 Å². The lowest BCUT2D eigenvalue weighted by molar-refractivity contribution is 0.177. The third-order valence-electron chi connectivity index (χ3n) is 1.93. The van der Waals surface area contributed by atoms with Crippen molar-refractivity contribution in [1.82, 2.24) is 0 Å². The molecule has 0 fully saturated rings. The SMILES string of the molecule is CC(=NC(O)Cc1ccccc1)C(F)F. The number of hydrogen-bond donors (Lipinski definition) is 1. The van der Waals surface area contributed by atoms with Gasteiger partial charge in [0.1, 0.15) is 6.23 Å². The molecule has 0 amide bonds. The van der Waals surface area contributed by atoms with E-state index in [1.807, 2.05) is 30.3 Å². The van der Waals surface area contributed by atoms with Crippen molar-refractivity contribution in [1.29, 1.82) is 0 Å². The third-order valence-corrected chi connectivity index (χ3v) is 1.93. The van der Waals surface area contributed by atoms with E-state index in [1.165, 1.54) is 6.92 Å². The molecule has 1 N–H and O–H groups in total. The maximum atomic E-state index is 12.1. The lowest BCUT2D eigenvalue weighted by atomic mass is 10.1. The van der Waals surface area contributed by atoms with Gasteiger partial charge in [-0.1, -0.05) is 30.3 Å². The van der Waals surface area contributed by atoms with Crippen LogP contribution in [0, 0.1) is 0 Å². The van der Waals surface area contributed by atoms with Gasteiger partial charge in [-0.05, 0) is 12.5 Å². The van der Waals surface area contributed by atoms with Gasteiger partial charge in [-0.2, -0.15) is 0 Å². The van der Waals surface area contributed by atoms with Crippen LogP contribution in [-0.4, -0.2) is 23.5 Å². The Kier molecular flexibility index (Phi) is 4.37. The molecule has 1 aromatic rings. The van der Waals surface area contributed by atoms with E-state index in [-0.39, 0.29) is 12.1 Å². The van der Waals surface area contributed by atoms with Crippen LogP contribution >= 0.6 is 0 Å². The van der Waals surface area contributed by atoms with Crippen LogP contribution in [-0.2, 0) is 6.42 Å². The second kappa shape index (κ2) is 5.56. The minimum Gasteiger partial charge on any atom is -0.371 e. The van der Waals surface area contributed by atoms with E-state index < -0.39 is 12.7 Å². The van der Waals surface area contributed by atoms with Crippen LogP contribution < -0.4 is 0 Å². The monoisotopic (exact) mass is 213 g/mol. The fraction of sp³-hybridized carbons (Fsp3) is 0.364. The molecule has 0 spiro atoms. The van der Waals surface area contributed by atoms with Crippen LogP contribution in [0.15, 0.2) is 35.3 Å². The van der Waals surface area contributed by atoms with E-state index in [1.54, 1.807) is 0 Å². The van der Waals surface area contributed by atoms with Crippen molar-refractivity contribution in [2.45, 2.75) is 26.0 Å². The topological polar surface area (TPSA) is 32.6 Å². The first-order valence-corrected chi connectivity index (χ1v) is 4.64. The molecule has 0 saturated carbocycles. The minimum absolute atomic E-state index is 0.255. The lowest BCUT2D eigenvalue weighted by Gasteiger charge is -2.07. The van der Waals surface area contributed by atoms with E-state index >= 15 is 0 Å². The van der Waals surface area contributed by atoms with Crippen LogP contribution in [0.4, 0.5) is 8.78 Å². The molecule has 1 atom stereocenters. The summed E-state index contributed by atoms with van der Waals surface area (Å²) in [5.41, 5.74) is 0.536. The second-order valence-electron chi connectivity index (χ2n) is 3.24. The number of alkyl halides is 2. The summed E-state index contributed by atoms with van der Waals surface area (Å²) in [7, 11) is 0. The zero-order chi connectivity index (χ0) is 11.3. The highest BCUT2D eigenvalue weighted by Gasteiger charge is 2.10. The van der Waals surface area contributed by atoms with Gasteiger partial charge in [0, 0.05) is 6.42 Å². The highest BCUT2D eigenvalue weighted by atomic mass is 19.3. The van der Waals surface area contributed by atoms with Crippen LogP contribution in [0.25, 0.3) is 0 Å². The van der Waals surface area contributed by atoms with Gasteiger partial charge in [0.15, 0.2) is 0 Å². The Balaban J connectivity index is 2.57. The van der Waals surface area contributed by atoms with E-state index in [9.17, 15) is 13.9 Å². The smallest absolute Gasteiger partial charge is 0.276 e. The molecule has 2 nitrogen and oxygen atoms in total. The van der Waals surface area contributed by atoms with Crippen LogP contribution in [0.3, 0.4) is 0 Å². The fourth-order valence-corrected chi connectivity index (χ4v) is 1.16. The Bertz CT molecular complexity index is 325. The third kappa shape index (κ3) is 4.16. The first kappa shape index (κ1) is 11.8. The van der Waals surface area contributed by atoms with Gasteiger partial charge in [-0.25, -0.2) is 8.78 Å². The summed E-state index contributed by atoms with van der Waals surface area (Å²) in [5.74, 6) is 0. The number of rotatable bonds is 4. The van der Waals surface area contributed by atoms with Crippen LogP contribution in [0.1, 0.15) is 12.5 Å². The molecule has 1 aromatic carbocycles. The second-order valence-corrected chi connectivity index (χ2v) is 3.24. The summed E-state index contributed by atoms with van der Waals surface area (Å²) in [6, 6.07) is 9.13. The normalized spacial score (nSPS) is 14.3. The molecule has 1 rings (SSSR count). The first-order chi connectivity index (χ1) is 7.09. The summed E-state index contributed by atoms with van der Waals surface area (Å²) >= 11 is 0. The van der Waals surface area contributed by atoms with E-state index in [4.69, 9.17) is 0 Å². The fourth-order valence-electron chi connectivity index (χ4n) is 1.16. The largest absolute Gasteiger partial charge is 0.371 e. The zero-order valence-electron chi connectivity index (χ0n) is 8.40. The summed E-state index contributed by atoms with van der Waals surface area (Å²) in [6.45, 7) is 1.21. The standard InChI is InChI=1S/C11H13F2NO/c1-8(11(12)13)14-10(15)7-9-5-3-2-4-6-9/h2-6,10-11,15H,7H2,1H3. The number of benzene rings is 1. The summed E-state index contributed by atoms with van der Waals surface area (Å²) in [5, 5.41) is 9.40. The van der Waals surface area contributed by atoms with Crippen molar-refractivity contribution < 1.29 is 13.9 Å². The molecule has 15 heavy (non-hydrogen) atoms. The van der Waals surface area contributed by atoms with Gasteiger partial charge < -0.3 is 5.11 Å². The van der Waals surface area contributed by atoms with E-state index in [2.05, 4.69) is 4.99 Å². The average Bonchev–Trinajstić information content (AvgIpc) is 2.18. The van der Waals surface area contributed by atoms with Gasteiger partial charge in [0.05, 0.1) is 5.71 Å². The predicted octanol–water partition coefficient (Wildman–Crippen LogP) is 2.27. The van der Waals surface area contributed by atoms with Gasteiger partial charge in [0.2, 0.25) is 0 Å². The number of aliphatic imine (C=N–C) groups is 1. The molecule has 0 saturated heterocycles. The molecule has 0 bridgehead atoms. The number of hydrogen-bond acceptors (Lipinski definition) is 2. The Morgan fingerprint density at radius 1 is 1.33 bits per heavy atom. The van der Waals surface area contributed by atoms with Crippen molar-refractivity contribution in [3.63, 3.8) is 0 Å². The van der Waals surface area contributed by atoms with Crippen molar-refractivity contribution in [2.24, 2.45) is 4.99 Å². The maximum absolute atomic E-state index is 12.1. The number of aliphatic hydroxyl groups is 1. The highest BCUT2D eigenvalue weighted by Crippen LogP contribution is 2.05. The molecular formula is C11H13F2NO. The molecule has 0 aliphatic heterocycles. The number of halogens is 2. The molecule has 0 aromatic heterocycles. The molecule has 0 aliphatic carbocycles. The summed E-state index contributed by atoms with van der Waals surface area (Å²) < 4.78 is 24.2. The molecule has 0 aliphatic rings.